The van der Waals surface area contributed by atoms with Crippen LogP contribution in [0.5, 0.6) is 0 Å². The molecular weight excluding hydrogens is 226 g/mol. The van der Waals surface area contributed by atoms with Crippen molar-refractivity contribution in [3.63, 3.8) is 0 Å². The van der Waals surface area contributed by atoms with Gasteiger partial charge in [0.25, 0.3) is 0 Å². The van der Waals surface area contributed by atoms with Gasteiger partial charge >= 0.3 is 12.0 Å². The standard InChI is InChI=1S/C10H15N3O4/c1-3-13(6-9(14)15)10(16)11-5-8-4-7(2)12-17-8/h4H,3,5-6H2,1-2H3,(H,11,16)(H,14,15). The smallest absolute Gasteiger partial charge is 0.323 e. The van der Waals surface area contributed by atoms with E-state index in [1.54, 1.807) is 19.9 Å². The summed E-state index contributed by atoms with van der Waals surface area (Å²) in [6, 6.07) is 1.26. The van der Waals surface area contributed by atoms with Crippen molar-refractivity contribution >= 4 is 12.0 Å². The molecule has 1 aromatic rings. The minimum atomic E-state index is -1.04. The summed E-state index contributed by atoms with van der Waals surface area (Å²) >= 11 is 0. The highest BCUT2D eigenvalue weighted by molar-refractivity contribution is 5.79. The van der Waals surface area contributed by atoms with E-state index < -0.39 is 12.0 Å². The number of amides is 2. The molecule has 0 radical (unpaired) electrons. The van der Waals surface area contributed by atoms with E-state index in [2.05, 4.69) is 10.5 Å². The van der Waals surface area contributed by atoms with Crippen molar-refractivity contribution < 1.29 is 19.2 Å². The van der Waals surface area contributed by atoms with E-state index in [0.717, 1.165) is 5.69 Å². The lowest BCUT2D eigenvalue weighted by molar-refractivity contribution is -0.137. The number of rotatable bonds is 5. The van der Waals surface area contributed by atoms with Crippen molar-refractivity contribution in [2.75, 3.05) is 13.1 Å². The van der Waals surface area contributed by atoms with E-state index in [0.29, 0.717) is 12.3 Å². The number of likely N-dealkylation sites (N-methyl/N-ethyl adjacent to an activating group) is 1. The second-order valence-corrected chi connectivity index (χ2v) is 3.50. The number of hydrogen-bond acceptors (Lipinski definition) is 4. The van der Waals surface area contributed by atoms with Crippen molar-refractivity contribution in [3.05, 3.63) is 17.5 Å². The van der Waals surface area contributed by atoms with E-state index in [4.69, 9.17) is 9.63 Å². The zero-order chi connectivity index (χ0) is 12.8. The highest BCUT2D eigenvalue weighted by Crippen LogP contribution is 2.01. The number of hydrogen-bond donors (Lipinski definition) is 2. The maximum absolute atomic E-state index is 11.6. The van der Waals surface area contributed by atoms with Gasteiger partial charge in [-0.15, -0.1) is 0 Å². The van der Waals surface area contributed by atoms with Crippen LogP contribution in [0, 0.1) is 6.92 Å². The summed E-state index contributed by atoms with van der Waals surface area (Å²) in [5, 5.41) is 14.8. The molecule has 0 saturated heterocycles. The molecule has 1 aromatic heterocycles. The summed E-state index contributed by atoms with van der Waals surface area (Å²) in [7, 11) is 0. The zero-order valence-electron chi connectivity index (χ0n) is 9.77. The molecule has 2 amide bonds. The number of carboxylic acids is 1. The van der Waals surface area contributed by atoms with Crippen LogP contribution < -0.4 is 5.32 Å². The lowest BCUT2D eigenvalue weighted by Gasteiger charge is -2.18. The predicted octanol–water partition coefficient (Wildman–Crippen LogP) is 0.599. The van der Waals surface area contributed by atoms with Gasteiger partial charge in [-0.05, 0) is 13.8 Å². The number of nitrogens with one attached hydrogen (secondary N) is 1. The van der Waals surface area contributed by atoms with E-state index in [9.17, 15) is 9.59 Å². The fraction of sp³-hybridized carbons (Fsp3) is 0.500. The molecule has 7 nitrogen and oxygen atoms in total. The zero-order valence-corrected chi connectivity index (χ0v) is 9.77. The molecule has 0 fully saturated rings. The van der Waals surface area contributed by atoms with Gasteiger partial charge < -0.3 is 19.8 Å². The first-order valence-electron chi connectivity index (χ1n) is 5.19. The van der Waals surface area contributed by atoms with Crippen LogP contribution >= 0.6 is 0 Å². The molecule has 17 heavy (non-hydrogen) atoms. The maximum atomic E-state index is 11.6. The molecule has 7 heteroatoms. The van der Waals surface area contributed by atoms with Gasteiger partial charge in [-0.25, -0.2) is 4.79 Å². The van der Waals surface area contributed by atoms with Crippen molar-refractivity contribution in [2.24, 2.45) is 0 Å². The van der Waals surface area contributed by atoms with Gasteiger partial charge in [-0.2, -0.15) is 0 Å². The number of aryl methyl sites for hydroxylation is 1. The van der Waals surface area contributed by atoms with E-state index in [1.807, 2.05) is 0 Å². The Balaban J connectivity index is 2.44. The quantitative estimate of drug-likeness (QED) is 0.787. The van der Waals surface area contributed by atoms with Gasteiger partial charge in [-0.1, -0.05) is 5.16 Å². The van der Waals surface area contributed by atoms with Gasteiger partial charge in [-0.3, -0.25) is 4.79 Å². The largest absolute Gasteiger partial charge is 0.480 e. The number of carboxylic acid groups (broad SMARTS) is 1. The van der Waals surface area contributed by atoms with Crippen molar-refractivity contribution in [1.82, 2.24) is 15.4 Å². The second kappa shape index (κ2) is 5.88. The van der Waals surface area contributed by atoms with Crippen LogP contribution in [0.3, 0.4) is 0 Å². The monoisotopic (exact) mass is 241 g/mol. The molecule has 0 bridgehead atoms. The van der Waals surface area contributed by atoms with Crippen LogP contribution in [-0.2, 0) is 11.3 Å². The van der Waals surface area contributed by atoms with Crippen LogP contribution in [0.4, 0.5) is 4.79 Å². The molecule has 1 rings (SSSR count). The molecule has 0 aliphatic carbocycles. The van der Waals surface area contributed by atoms with Crippen molar-refractivity contribution in [1.29, 1.82) is 0 Å². The van der Waals surface area contributed by atoms with Gasteiger partial charge in [0.1, 0.15) is 6.54 Å². The van der Waals surface area contributed by atoms with Crippen LogP contribution in [-0.4, -0.2) is 40.3 Å². The first-order chi connectivity index (χ1) is 8.02. The Morgan fingerprint density at radius 1 is 1.59 bits per heavy atom. The molecule has 0 saturated carbocycles. The average molecular weight is 241 g/mol. The number of nitrogens with zero attached hydrogens (tertiary/aromatic N) is 2. The topological polar surface area (TPSA) is 95.7 Å². The summed E-state index contributed by atoms with van der Waals surface area (Å²) in [5.41, 5.74) is 0.729. The van der Waals surface area contributed by atoms with Gasteiger partial charge in [0.05, 0.1) is 12.2 Å². The fourth-order valence-corrected chi connectivity index (χ4v) is 1.26. The Kier molecular flexibility index (Phi) is 4.50. The number of carbonyl (C=O) groups excluding carboxylic acids is 1. The maximum Gasteiger partial charge on any atom is 0.323 e. The van der Waals surface area contributed by atoms with E-state index in [1.165, 1.54) is 4.90 Å². The van der Waals surface area contributed by atoms with E-state index >= 15 is 0 Å². The Labute approximate surface area is 98.4 Å². The molecular formula is C10H15N3O4. The summed E-state index contributed by atoms with van der Waals surface area (Å²) in [6.07, 6.45) is 0. The van der Waals surface area contributed by atoms with Gasteiger partial charge in [0.15, 0.2) is 5.76 Å². The first-order valence-corrected chi connectivity index (χ1v) is 5.19. The normalized spacial score (nSPS) is 10.0. The Morgan fingerprint density at radius 3 is 2.76 bits per heavy atom. The molecule has 2 N–H and O–H groups in total. The molecule has 94 valence electrons. The Bertz CT molecular complexity index is 402. The number of urea groups is 1. The number of carbonyl (C=O) groups is 2. The highest BCUT2D eigenvalue weighted by Gasteiger charge is 2.14. The second-order valence-electron chi connectivity index (χ2n) is 3.50. The molecule has 0 aliphatic rings. The third-order valence-electron chi connectivity index (χ3n) is 2.09. The lowest BCUT2D eigenvalue weighted by atomic mass is 10.4. The summed E-state index contributed by atoms with van der Waals surface area (Å²) in [5.74, 6) is -0.514. The van der Waals surface area contributed by atoms with Crippen LogP contribution in [0.25, 0.3) is 0 Å². The lowest BCUT2D eigenvalue weighted by Crippen LogP contribution is -2.42. The minimum absolute atomic E-state index is 0.190. The third kappa shape index (κ3) is 4.13. The molecule has 0 spiro atoms. The molecule has 0 aromatic carbocycles. The summed E-state index contributed by atoms with van der Waals surface area (Å²) < 4.78 is 4.91. The average Bonchev–Trinajstić information content (AvgIpc) is 2.68. The summed E-state index contributed by atoms with van der Waals surface area (Å²) in [6.45, 7) is 3.68. The third-order valence-corrected chi connectivity index (χ3v) is 2.09. The van der Waals surface area contributed by atoms with Crippen LogP contribution in [0.15, 0.2) is 10.6 Å². The summed E-state index contributed by atoms with van der Waals surface area (Å²) in [4.78, 5) is 23.3. The van der Waals surface area contributed by atoms with Gasteiger partial charge in [0, 0.05) is 12.6 Å². The molecule has 0 aliphatic heterocycles. The minimum Gasteiger partial charge on any atom is -0.480 e. The molecule has 0 atom stereocenters. The Morgan fingerprint density at radius 2 is 2.29 bits per heavy atom. The van der Waals surface area contributed by atoms with Crippen molar-refractivity contribution in [2.45, 2.75) is 20.4 Å². The molecule has 1 heterocycles. The van der Waals surface area contributed by atoms with Crippen molar-refractivity contribution in [3.8, 4) is 0 Å². The molecule has 0 unspecified atom stereocenters. The first kappa shape index (κ1) is 13.0. The number of aromatic nitrogens is 1. The Hall–Kier alpha value is -2.05. The highest BCUT2D eigenvalue weighted by atomic mass is 16.5. The van der Waals surface area contributed by atoms with Crippen LogP contribution in [0.2, 0.25) is 0 Å². The number of aliphatic carboxylic acids is 1. The van der Waals surface area contributed by atoms with Crippen LogP contribution in [0.1, 0.15) is 18.4 Å². The van der Waals surface area contributed by atoms with Gasteiger partial charge in [0.2, 0.25) is 0 Å². The fourth-order valence-electron chi connectivity index (χ4n) is 1.26. The predicted molar refractivity (Wildman–Crippen MR) is 58.4 cm³/mol. The SMILES string of the molecule is CCN(CC(=O)O)C(=O)NCc1cc(C)no1. The van der Waals surface area contributed by atoms with E-state index in [-0.39, 0.29) is 13.1 Å².